The summed E-state index contributed by atoms with van der Waals surface area (Å²) in [7, 11) is 0. The Kier molecular flexibility index (Phi) is 8.17. The fourth-order valence-corrected chi connectivity index (χ4v) is 9.54. The Bertz CT molecular complexity index is 3510. The summed E-state index contributed by atoms with van der Waals surface area (Å²) in [6.07, 6.45) is 0. The van der Waals surface area contributed by atoms with Gasteiger partial charge in [-0.15, -0.1) is 0 Å². The molecule has 0 aliphatic carbocycles. The number of aromatic nitrogens is 2. The Balaban J connectivity index is 1.06. The minimum atomic E-state index is 1.08. The Hall–Kier alpha value is -8.14. The van der Waals surface area contributed by atoms with E-state index in [1.807, 2.05) is 0 Å². The van der Waals surface area contributed by atoms with Gasteiger partial charge >= 0.3 is 0 Å². The third-order valence-electron chi connectivity index (χ3n) is 12.3. The molecule has 2 heterocycles. The van der Waals surface area contributed by atoms with Gasteiger partial charge < -0.3 is 14.0 Å². The summed E-state index contributed by atoms with van der Waals surface area (Å²) in [6.45, 7) is 0. The predicted molar refractivity (Wildman–Crippen MR) is 258 cm³/mol. The first-order valence-corrected chi connectivity index (χ1v) is 20.9. The van der Waals surface area contributed by atoms with Crippen LogP contribution in [0.3, 0.4) is 0 Å². The Morgan fingerprint density at radius 2 is 0.770 bits per heavy atom. The van der Waals surface area contributed by atoms with Gasteiger partial charge in [0, 0.05) is 44.3 Å². The van der Waals surface area contributed by atoms with Gasteiger partial charge in [0.2, 0.25) is 0 Å². The largest absolute Gasteiger partial charge is 0.309 e. The summed E-state index contributed by atoms with van der Waals surface area (Å²) >= 11 is 0. The second-order valence-corrected chi connectivity index (χ2v) is 15.7. The van der Waals surface area contributed by atoms with Gasteiger partial charge in [0.05, 0.1) is 27.8 Å². The number of hydrogen-bond acceptors (Lipinski definition) is 1. The monoisotopic (exact) mass is 777 g/mol. The molecule has 286 valence electrons. The minimum absolute atomic E-state index is 1.08. The van der Waals surface area contributed by atoms with Crippen LogP contribution in [0.5, 0.6) is 0 Å². The van der Waals surface area contributed by atoms with E-state index in [0.29, 0.717) is 0 Å². The summed E-state index contributed by atoms with van der Waals surface area (Å²) in [5.74, 6) is 0. The molecule has 0 aliphatic rings. The van der Waals surface area contributed by atoms with Gasteiger partial charge in [0.15, 0.2) is 0 Å². The standard InChI is InChI=1S/C58H39N3/c1-3-16-40(17-4-1)41-30-34-45(35-31-41)59(57-29-15-25-52-51-24-11-14-28-56(51)61(58(52)57)44-19-5-2-6-20-44)46-36-32-42(33-37-46)53-39-47(38-43-18-7-8-21-48(43)53)60-54-26-12-9-22-49(54)50-23-10-13-27-55(50)60/h1-39H. The van der Waals surface area contributed by atoms with Crippen LogP contribution in [0.25, 0.3) is 88.0 Å². The van der Waals surface area contributed by atoms with Crippen molar-refractivity contribution in [2.75, 3.05) is 4.90 Å². The lowest BCUT2D eigenvalue weighted by atomic mass is 9.96. The predicted octanol–water partition coefficient (Wildman–Crippen LogP) is 15.8. The highest BCUT2D eigenvalue weighted by Crippen LogP contribution is 2.45. The number of rotatable bonds is 7. The molecule has 12 rings (SSSR count). The topological polar surface area (TPSA) is 13.1 Å². The van der Waals surface area contributed by atoms with Gasteiger partial charge in [-0.3, -0.25) is 0 Å². The first kappa shape index (κ1) is 34.9. The lowest BCUT2D eigenvalue weighted by molar-refractivity contribution is 1.17. The van der Waals surface area contributed by atoms with Crippen LogP contribution < -0.4 is 4.90 Å². The molecule has 3 nitrogen and oxygen atoms in total. The summed E-state index contributed by atoms with van der Waals surface area (Å²) < 4.78 is 4.84. The highest BCUT2D eigenvalue weighted by molar-refractivity contribution is 6.15. The Labute approximate surface area is 354 Å². The zero-order valence-corrected chi connectivity index (χ0v) is 33.4. The van der Waals surface area contributed by atoms with Crippen LogP contribution in [0.1, 0.15) is 0 Å². The number of anilines is 3. The lowest BCUT2D eigenvalue weighted by Gasteiger charge is -2.27. The number of para-hydroxylation sites is 5. The molecule has 61 heavy (non-hydrogen) atoms. The van der Waals surface area contributed by atoms with Gasteiger partial charge in [-0.25, -0.2) is 0 Å². The molecule has 0 fully saturated rings. The molecule has 0 radical (unpaired) electrons. The van der Waals surface area contributed by atoms with Crippen LogP contribution in [0.2, 0.25) is 0 Å². The van der Waals surface area contributed by atoms with Crippen LogP contribution in [0.15, 0.2) is 237 Å². The van der Waals surface area contributed by atoms with Gasteiger partial charge in [-0.05, 0) is 106 Å². The quantitative estimate of drug-likeness (QED) is 0.157. The van der Waals surface area contributed by atoms with E-state index < -0.39 is 0 Å². The molecule has 0 N–H and O–H groups in total. The molecule has 10 aromatic carbocycles. The normalized spacial score (nSPS) is 11.6. The minimum Gasteiger partial charge on any atom is -0.309 e. The molecule has 0 amide bonds. The highest BCUT2D eigenvalue weighted by Gasteiger charge is 2.22. The van der Waals surface area contributed by atoms with Crippen molar-refractivity contribution in [1.29, 1.82) is 0 Å². The second-order valence-electron chi connectivity index (χ2n) is 15.7. The van der Waals surface area contributed by atoms with E-state index in [4.69, 9.17) is 0 Å². The molecule has 3 heteroatoms. The van der Waals surface area contributed by atoms with Gasteiger partial charge in [0.25, 0.3) is 0 Å². The Morgan fingerprint density at radius 1 is 0.295 bits per heavy atom. The molecule has 0 aliphatic heterocycles. The first-order valence-electron chi connectivity index (χ1n) is 20.9. The van der Waals surface area contributed by atoms with E-state index >= 15 is 0 Å². The van der Waals surface area contributed by atoms with E-state index in [-0.39, 0.29) is 0 Å². The third-order valence-corrected chi connectivity index (χ3v) is 12.3. The Morgan fingerprint density at radius 3 is 1.41 bits per heavy atom. The van der Waals surface area contributed by atoms with Crippen molar-refractivity contribution in [1.82, 2.24) is 9.13 Å². The molecule has 0 saturated heterocycles. The van der Waals surface area contributed by atoms with Crippen molar-refractivity contribution in [2.24, 2.45) is 0 Å². The lowest BCUT2D eigenvalue weighted by Crippen LogP contribution is -2.11. The number of nitrogens with zero attached hydrogens (tertiary/aromatic N) is 3. The average molecular weight is 778 g/mol. The van der Waals surface area contributed by atoms with E-state index in [9.17, 15) is 0 Å². The van der Waals surface area contributed by atoms with Crippen LogP contribution in [-0.4, -0.2) is 9.13 Å². The summed E-state index contributed by atoms with van der Waals surface area (Å²) in [4.78, 5) is 2.42. The van der Waals surface area contributed by atoms with Crippen molar-refractivity contribution in [3.63, 3.8) is 0 Å². The molecule has 0 spiro atoms. The fraction of sp³-hybridized carbons (Fsp3) is 0. The van der Waals surface area contributed by atoms with Crippen LogP contribution in [0, 0.1) is 0 Å². The van der Waals surface area contributed by atoms with Crippen LogP contribution in [-0.2, 0) is 0 Å². The molecular formula is C58H39N3. The summed E-state index contributed by atoms with van der Waals surface area (Å²) in [5, 5.41) is 7.40. The second kappa shape index (κ2) is 14.3. The molecule has 0 saturated carbocycles. The zero-order valence-electron chi connectivity index (χ0n) is 33.4. The van der Waals surface area contributed by atoms with Crippen LogP contribution >= 0.6 is 0 Å². The average Bonchev–Trinajstić information content (AvgIpc) is 3.86. The SMILES string of the molecule is c1ccc(-c2ccc(N(c3ccc(-c4cc(-n5c6ccccc6c6ccccc65)cc5ccccc45)cc3)c3cccc4c5ccccc5n(-c5ccccc5)c34)cc2)cc1. The molecule has 12 aromatic rings. The smallest absolute Gasteiger partial charge is 0.0782 e. The van der Waals surface area contributed by atoms with E-state index in [1.54, 1.807) is 0 Å². The molecule has 0 atom stereocenters. The number of fused-ring (bicyclic) bond motifs is 7. The fourth-order valence-electron chi connectivity index (χ4n) is 9.54. The van der Waals surface area contributed by atoms with Crippen LogP contribution in [0.4, 0.5) is 17.1 Å². The van der Waals surface area contributed by atoms with Crippen molar-refractivity contribution in [3.8, 4) is 33.6 Å². The number of benzene rings is 10. The van der Waals surface area contributed by atoms with Crippen molar-refractivity contribution < 1.29 is 0 Å². The van der Waals surface area contributed by atoms with Gasteiger partial charge in [0.1, 0.15) is 0 Å². The maximum Gasteiger partial charge on any atom is 0.0782 e. The van der Waals surface area contributed by atoms with E-state index in [2.05, 4.69) is 251 Å². The molecule has 0 unspecified atom stereocenters. The molecular weight excluding hydrogens is 739 g/mol. The highest BCUT2D eigenvalue weighted by atomic mass is 15.2. The maximum atomic E-state index is 2.42. The first-order chi connectivity index (χ1) is 30.3. The molecule has 0 bridgehead atoms. The van der Waals surface area contributed by atoms with Crippen molar-refractivity contribution in [2.45, 2.75) is 0 Å². The van der Waals surface area contributed by atoms with E-state index in [1.165, 1.54) is 71.1 Å². The number of hydrogen-bond donors (Lipinski definition) is 0. The zero-order chi connectivity index (χ0) is 40.3. The summed E-state index contributed by atoms with van der Waals surface area (Å²) in [6, 6.07) is 85.9. The summed E-state index contributed by atoms with van der Waals surface area (Å²) in [5.41, 5.74) is 15.1. The van der Waals surface area contributed by atoms with Crippen molar-refractivity contribution in [3.05, 3.63) is 237 Å². The third kappa shape index (κ3) is 5.74. The van der Waals surface area contributed by atoms with E-state index in [0.717, 1.165) is 34.0 Å². The maximum absolute atomic E-state index is 2.42. The van der Waals surface area contributed by atoms with Gasteiger partial charge in [-0.1, -0.05) is 164 Å². The van der Waals surface area contributed by atoms with Gasteiger partial charge in [-0.2, -0.15) is 0 Å². The van der Waals surface area contributed by atoms with Crippen molar-refractivity contribution >= 4 is 71.4 Å². The molecule has 2 aromatic heterocycles.